The Balaban J connectivity index is 3.08. The molecule has 0 aromatic heterocycles. The summed E-state index contributed by atoms with van der Waals surface area (Å²) in [5, 5.41) is 2.89. The third-order valence-corrected chi connectivity index (χ3v) is 2.16. The Morgan fingerprint density at radius 1 is 1.23 bits per heavy atom. The van der Waals surface area contributed by atoms with Gasteiger partial charge in [-0.3, -0.25) is 4.79 Å². The van der Waals surface area contributed by atoms with Gasteiger partial charge in [-0.05, 0) is 19.3 Å². The lowest BCUT2D eigenvalue weighted by Gasteiger charge is -2.03. The molecule has 0 aliphatic carbocycles. The summed E-state index contributed by atoms with van der Waals surface area (Å²) in [5.41, 5.74) is 0. The van der Waals surface area contributed by atoms with Crippen LogP contribution in [0.5, 0.6) is 0 Å². The van der Waals surface area contributed by atoms with Crippen LogP contribution in [-0.4, -0.2) is 18.3 Å². The SMILES string of the molecule is CCCCC(=O)NCCCCCCl. The number of carbonyl (C=O) groups is 1. The zero-order chi connectivity index (χ0) is 9.94. The minimum Gasteiger partial charge on any atom is -0.356 e. The van der Waals surface area contributed by atoms with Gasteiger partial charge >= 0.3 is 0 Å². The molecule has 1 N–H and O–H groups in total. The average molecular weight is 206 g/mol. The van der Waals surface area contributed by atoms with Crippen LogP contribution in [0.1, 0.15) is 45.4 Å². The van der Waals surface area contributed by atoms with E-state index in [0.717, 1.165) is 44.5 Å². The Hall–Kier alpha value is -0.240. The van der Waals surface area contributed by atoms with E-state index in [4.69, 9.17) is 11.6 Å². The zero-order valence-corrected chi connectivity index (χ0v) is 9.20. The van der Waals surface area contributed by atoms with Crippen molar-refractivity contribution in [2.45, 2.75) is 45.4 Å². The highest BCUT2D eigenvalue weighted by atomic mass is 35.5. The van der Waals surface area contributed by atoms with E-state index in [-0.39, 0.29) is 5.91 Å². The zero-order valence-electron chi connectivity index (χ0n) is 8.44. The number of carbonyl (C=O) groups excluding carboxylic acids is 1. The molecule has 0 bridgehead atoms. The van der Waals surface area contributed by atoms with Crippen molar-refractivity contribution >= 4 is 17.5 Å². The molecule has 0 spiro atoms. The molecule has 78 valence electrons. The standard InChI is InChI=1S/C10H20ClNO/c1-2-3-7-10(13)12-9-6-4-5-8-11/h2-9H2,1H3,(H,12,13). The number of hydrogen-bond acceptors (Lipinski definition) is 1. The molecule has 0 aliphatic heterocycles. The lowest BCUT2D eigenvalue weighted by Crippen LogP contribution is -2.23. The third-order valence-electron chi connectivity index (χ3n) is 1.89. The molecule has 0 aromatic rings. The number of nitrogens with one attached hydrogen (secondary N) is 1. The van der Waals surface area contributed by atoms with Crippen molar-refractivity contribution in [2.75, 3.05) is 12.4 Å². The summed E-state index contributed by atoms with van der Waals surface area (Å²) in [4.78, 5) is 11.1. The van der Waals surface area contributed by atoms with Gasteiger partial charge in [-0.15, -0.1) is 11.6 Å². The van der Waals surface area contributed by atoms with Crippen LogP contribution in [0.4, 0.5) is 0 Å². The summed E-state index contributed by atoms with van der Waals surface area (Å²) in [5.74, 6) is 0.914. The summed E-state index contributed by atoms with van der Waals surface area (Å²) < 4.78 is 0. The van der Waals surface area contributed by atoms with Crippen molar-refractivity contribution in [1.29, 1.82) is 0 Å². The maximum atomic E-state index is 11.1. The van der Waals surface area contributed by atoms with Crippen molar-refractivity contribution in [1.82, 2.24) is 5.32 Å². The van der Waals surface area contributed by atoms with E-state index >= 15 is 0 Å². The van der Waals surface area contributed by atoms with Crippen molar-refractivity contribution < 1.29 is 4.79 Å². The lowest BCUT2D eigenvalue weighted by molar-refractivity contribution is -0.121. The van der Waals surface area contributed by atoms with Gasteiger partial charge in [0.05, 0.1) is 0 Å². The number of halogens is 1. The van der Waals surface area contributed by atoms with Crippen LogP contribution in [-0.2, 0) is 4.79 Å². The number of rotatable bonds is 8. The summed E-state index contributed by atoms with van der Waals surface area (Å²) >= 11 is 5.52. The minimum absolute atomic E-state index is 0.188. The first-order valence-electron chi connectivity index (χ1n) is 5.14. The molecular weight excluding hydrogens is 186 g/mol. The van der Waals surface area contributed by atoms with E-state index in [0.29, 0.717) is 6.42 Å². The predicted molar refractivity (Wildman–Crippen MR) is 57.1 cm³/mol. The van der Waals surface area contributed by atoms with Crippen LogP contribution in [0.15, 0.2) is 0 Å². The third kappa shape index (κ3) is 9.68. The molecule has 13 heavy (non-hydrogen) atoms. The number of unbranched alkanes of at least 4 members (excludes halogenated alkanes) is 3. The number of hydrogen-bond donors (Lipinski definition) is 1. The number of amides is 1. The fourth-order valence-electron chi connectivity index (χ4n) is 1.05. The minimum atomic E-state index is 0.188. The molecule has 0 heterocycles. The molecule has 0 aliphatic rings. The molecule has 0 atom stereocenters. The molecule has 0 aromatic carbocycles. The van der Waals surface area contributed by atoms with Crippen molar-refractivity contribution in [3.8, 4) is 0 Å². The smallest absolute Gasteiger partial charge is 0.219 e. The Labute approximate surface area is 86.0 Å². The molecule has 0 saturated heterocycles. The Bertz CT molecular complexity index is 128. The van der Waals surface area contributed by atoms with Gasteiger partial charge in [-0.25, -0.2) is 0 Å². The topological polar surface area (TPSA) is 29.1 Å². The van der Waals surface area contributed by atoms with Gasteiger partial charge < -0.3 is 5.32 Å². The molecule has 0 saturated carbocycles. The highest BCUT2D eigenvalue weighted by Gasteiger charge is 1.98. The molecular formula is C10H20ClNO. The molecule has 0 radical (unpaired) electrons. The summed E-state index contributed by atoms with van der Waals surface area (Å²) in [6, 6.07) is 0. The van der Waals surface area contributed by atoms with E-state index in [2.05, 4.69) is 12.2 Å². The first-order valence-corrected chi connectivity index (χ1v) is 5.67. The lowest BCUT2D eigenvalue weighted by atomic mass is 10.2. The molecule has 2 nitrogen and oxygen atoms in total. The molecule has 1 amide bonds. The Morgan fingerprint density at radius 3 is 2.62 bits per heavy atom. The second-order valence-electron chi connectivity index (χ2n) is 3.20. The molecule has 0 rings (SSSR count). The van der Waals surface area contributed by atoms with Crippen molar-refractivity contribution in [2.24, 2.45) is 0 Å². The summed E-state index contributed by atoms with van der Waals surface area (Å²) in [6.07, 6.45) is 5.95. The van der Waals surface area contributed by atoms with Gasteiger partial charge in [0.15, 0.2) is 0 Å². The van der Waals surface area contributed by atoms with Gasteiger partial charge in [0, 0.05) is 18.8 Å². The van der Waals surface area contributed by atoms with E-state index in [1.165, 1.54) is 0 Å². The summed E-state index contributed by atoms with van der Waals surface area (Å²) in [6.45, 7) is 2.90. The van der Waals surface area contributed by atoms with Crippen LogP contribution < -0.4 is 5.32 Å². The van der Waals surface area contributed by atoms with Gasteiger partial charge in [0.2, 0.25) is 5.91 Å². The van der Waals surface area contributed by atoms with E-state index in [9.17, 15) is 4.79 Å². The summed E-state index contributed by atoms with van der Waals surface area (Å²) in [7, 11) is 0. The molecule has 0 unspecified atom stereocenters. The Kier molecular flexibility index (Phi) is 9.66. The van der Waals surface area contributed by atoms with Gasteiger partial charge in [-0.2, -0.15) is 0 Å². The molecule has 3 heteroatoms. The first kappa shape index (κ1) is 12.8. The monoisotopic (exact) mass is 205 g/mol. The van der Waals surface area contributed by atoms with Crippen molar-refractivity contribution in [3.63, 3.8) is 0 Å². The van der Waals surface area contributed by atoms with Gasteiger partial charge in [-0.1, -0.05) is 19.8 Å². The van der Waals surface area contributed by atoms with E-state index in [1.807, 2.05) is 0 Å². The fourth-order valence-corrected chi connectivity index (χ4v) is 1.24. The first-order chi connectivity index (χ1) is 6.31. The van der Waals surface area contributed by atoms with Crippen LogP contribution in [0.2, 0.25) is 0 Å². The second kappa shape index (κ2) is 9.85. The van der Waals surface area contributed by atoms with Crippen molar-refractivity contribution in [3.05, 3.63) is 0 Å². The number of alkyl halides is 1. The average Bonchev–Trinajstić information content (AvgIpc) is 2.14. The second-order valence-corrected chi connectivity index (χ2v) is 3.58. The maximum Gasteiger partial charge on any atom is 0.219 e. The predicted octanol–water partition coefficient (Wildman–Crippen LogP) is 2.70. The fraction of sp³-hybridized carbons (Fsp3) is 0.900. The quantitative estimate of drug-likeness (QED) is 0.479. The maximum absolute atomic E-state index is 11.1. The largest absolute Gasteiger partial charge is 0.356 e. The molecule has 0 fully saturated rings. The van der Waals surface area contributed by atoms with E-state index < -0.39 is 0 Å². The van der Waals surface area contributed by atoms with Gasteiger partial charge in [0.25, 0.3) is 0 Å². The van der Waals surface area contributed by atoms with Crippen LogP contribution in [0.3, 0.4) is 0 Å². The van der Waals surface area contributed by atoms with Crippen LogP contribution in [0.25, 0.3) is 0 Å². The van der Waals surface area contributed by atoms with E-state index in [1.54, 1.807) is 0 Å². The highest BCUT2D eigenvalue weighted by molar-refractivity contribution is 6.17. The normalized spacial score (nSPS) is 10.0. The van der Waals surface area contributed by atoms with Gasteiger partial charge in [0.1, 0.15) is 0 Å². The van der Waals surface area contributed by atoms with Crippen LogP contribution >= 0.6 is 11.6 Å². The Morgan fingerprint density at radius 2 is 2.00 bits per heavy atom. The van der Waals surface area contributed by atoms with Crippen LogP contribution in [0, 0.1) is 0 Å². The highest BCUT2D eigenvalue weighted by Crippen LogP contribution is 1.97.